The third-order valence-electron chi connectivity index (χ3n) is 5.42. The zero-order valence-corrected chi connectivity index (χ0v) is 21.2. The Hall–Kier alpha value is -1.13. The molecule has 172 valence electrons. The summed E-state index contributed by atoms with van der Waals surface area (Å²) in [6, 6.07) is 5.85. The minimum absolute atomic E-state index is 0. The Bertz CT molecular complexity index is 634. The first-order valence-corrected chi connectivity index (χ1v) is 10.9. The van der Waals surface area contributed by atoms with Crippen LogP contribution in [0.15, 0.2) is 23.2 Å². The number of nitrogens with one attached hydrogen (secondary N) is 2. The smallest absolute Gasteiger partial charge is 0.191 e. The second kappa shape index (κ2) is 14.8. The van der Waals surface area contributed by atoms with Crippen LogP contribution in [0.4, 0.5) is 10.1 Å². The van der Waals surface area contributed by atoms with E-state index in [9.17, 15) is 4.39 Å². The maximum absolute atomic E-state index is 14.5. The number of anilines is 1. The lowest BCUT2D eigenvalue weighted by atomic mass is 10.1. The number of ether oxygens (including phenoxy) is 1. The van der Waals surface area contributed by atoms with Gasteiger partial charge in [0.1, 0.15) is 5.82 Å². The van der Waals surface area contributed by atoms with E-state index in [2.05, 4.69) is 27.4 Å². The topological polar surface area (TPSA) is 52.1 Å². The van der Waals surface area contributed by atoms with Crippen LogP contribution < -0.4 is 15.5 Å². The van der Waals surface area contributed by atoms with Gasteiger partial charge in [0.05, 0.1) is 18.8 Å². The average molecular weight is 535 g/mol. The molecule has 8 heteroatoms. The van der Waals surface area contributed by atoms with Crippen LogP contribution in [0.1, 0.15) is 39.2 Å². The summed E-state index contributed by atoms with van der Waals surface area (Å²) in [7, 11) is 1.75. The molecule has 1 aromatic carbocycles. The van der Waals surface area contributed by atoms with Crippen molar-refractivity contribution in [1.29, 1.82) is 0 Å². The van der Waals surface area contributed by atoms with E-state index in [1.807, 2.05) is 30.9 Å². The summed E-state index contributed by atoms with van der Waals surface area (Å²) in [6.45, 7) is 12.9. The molecule has 0 bridgehead atoms. The van der Waals surface area contributed by atoms with E-state index in [1.165, 1.54) is 0 Å². The highest BCUT2D eigenvalue weighted by Gasteiger charge is 2.19. The van der Waals surface area contributed by atoms with Crippen molar-refractivity contribution in [3.63, 3.8) is 0 Å². The fraction of sp³-hybridized carbons (Fsp3) is 0.682. The van der Waals surface area contributed by atoms with Gasteiger partial charge >= 0.3 is 0 Å². The zero-order chi connectivity index (χ0) is 21.1. The van der Waals surface area contributed by atoms with Crippen molar-refractivity contribution in [1.82, 2.24) is 15.5 Å². The highest BCUT2D eigenvalue weighted by molar-refractivity contribution is 14.0. The second-order valence-electron chi connectivity index (χ2n) is 7.41. The number of methoxy groups -OCH3 is 1. The van der Waals surface area contributed by atoms with Crippen LogP contribution in [0.2, 0.25) is 0 Å². The first-order valence-electron chi connectivity index (χ1n) is 10.9. The van der Waals surface area contributed by atoms with Gasteiger partial charge in [0, 0.05) is 52.4 Å². The van der Waals surface area contributed by atoms with Crippen molar-refractivity contribution in [2.75, 3.05) is 57.9 Å². The third kappa shape index (κ3) is 8.55. The predicted molar refractivity (Wildman–Crippen MR) is 135 cm³/mol. The van der Waals surface area contributed by atoms with Crippen molar-refractivity contribution >= 4 is 35.6 Å². The molecule has 0 atom stereocenters. The van der Waals surface area contributed by atoms with E-state index in [1.54, 1.807) is 13.2 Å². The lowest BCUT2D eigenvalue weighted by molar-refractivity contribution is 0.128. The number of likely N-dealkylation sites (tertiary alicyclic amines) is 1. The Morgan fingerprint density at radius 2 is 1.93 bits per heavy atom. The Labute approximate surface area is 198 Å². The Morgan fingerprint density at radius 1 is 1.23 bits per heavy atom. The van der Waals surface area contributed by atoms with Crippen molar-refractivity contribution in [2.24, 2.45) is 4.99 Å². The summed E-state index contributed by atoms with van der Waals surface area (Å²) in [6.07, 6.45) is 2.17. The molecule has 6 nitrogen and oxygen atoms in total. The maximum atomic E-state index is 14.5. The fourth-order valence-corrected chi connectivity index (χ4v) is 3.67. The zero-order valence-electron chi connectivity index (χ0n) is 18.9. The molecule has 2 rings (SSSR count). The summed E-state index contributed by atoms with van der Waals surface area (Å²) in [5, 5.41) is 6.86. The molecule has 1 aliphatic rings. The molecule has 1 heterocycles. The number of rotatable bonds is 10. The number of aliphatic imine (C=N–C) groups is 1. The van der Waals surface area contributed by atoms with Gasteiger partial charge in [-0.3, -0.25) is 0 Å². The van der Waals surface area contributed by atoms with Crippen molar-refractivity contribution < 1.29 is 9.13 Å². The van der Waals surface area contributed by atoms with E-state index < -0.39 is 0 Å². The van der Waals surface area contributed by atoms with Gasteiger partial charge in [-0.25, -0.2) is 9.38 Å². The van der Waals surface area contributed by atoms with Crippen molar-refractivity contribution in [2.45, 2.75) is 46.2 Å². The van der Waals surface area contributed by atoms with E-state index in [0.717, 1.165) is 70.2 Å². The van der Waals surface area contributed by atoms with Gasteiger partial charge in [-0.15, -0.1) is 24.0 Å². The van der Waals surface area contributed by atoms with Crippen molar-refractivity contribution in [3.8, 4) is 0 Å². The standard InChI is InChI=1S/C22H38FN5O.HI/c1-5-24-22(26-19-10-12-27(13-11-19)14-15-29-4)25-17-18-8-9-21(20(23)16-18)28(6-2)7-3;/h8-9,16,19H,5-7,10-15,17H2,1-4H3,(H2,24,25,26);1H. The minimum atomic E-state index is -0.178. The SMILES string of the molecule is CCNC(=NCc1ccc(N(CC)CC)c(F)c1)NC1CCN(CCOC)CC1.I. The number of piperidine rings is 1. The van der Waals surface area contributed by atoms with Crippen LogP contribution in [0.3, 0.4) is 0 Å². The van der Waals surface area contributed by atoms with E-state index in [4.69, 9.17) is 4.74 Å². The Kier molecular flexibility index (Phi) is 13.3. The summed E-state index contributed by atoms with van der Waals surface area (Å²) in [5.74, 6) is 0.624. The molecular formula is C22H39FIN5O. The first kappa shape index (κ1) is 26.9. The summed E-state index contributed by atoms with van der Waals surface area (Å²) < 4.78 is 19.7. The van der Waals surface area contributed by atoms with Gasteiger partial charge in [0.25, 0.3) is 0 Å². The molecule has 0 spiro atoms. The number of guanidine groups is 1. The number of nitrogens with zero attached hydrogens (tertiary/aromatic N) is 3. The monoisotopic (exact) mass is 535 g/mol. The summed E-state index contributed by atoms with van der Waals surface area (Å²) in [4.78, 5) is 9.14. The lowest BCUT2D eigenvalue weighted by Gasteiger charge is -2.32. The van der Waals surface area contributed by atoms with Gasteiger partial charge in [0.2, 0.25) is 0 Å². The molecular weight excluding hydrogens is 496 g/mol. The van der Waals surface area contributed by atoms with Gasteiger partial charge in [-0.05, 0) is 51.3 Å². The number of halogens is 2. The number of hydrogen-bond acceptors (Lipinski definition) is 4. The highest BCUT2D eigenvalue weighted by atomic mass is 127. The second-order valence-corrected chi connectivity index (χ2v) is 7.41. The van der Waals surface area contributed by atoms with Gasteiger partial charge in [0.15, 0.2) is 5.96 Å². The summed E-state index contributed by atoms with van der Waals surface area (Å²) in [5.41, 5.74) is 1.54. The number of hydrogen-bond donors (Lipinski definition) is 2. The first-order chi connectivity index (χ1) is 14.1. The normalized spacial score (nSPS) is 15.6. The largest absolute Gasteiger partial charge is 0.383 e. The van der Waals surface area contributed by atoms with Crippen LogP contribution in [0.25, 0.3) is 0 Å². The maximum Gasteiger partial charge on any atom is 0.191 e. The van der Waals surface area contributed by atoms with Crippen molar-refractivity contribution in [3.05, 3.63) is 29.6 Å². The van der Waals surface area contributed by atoms with E-state index >= 15 is 0 Å². The Morgan fingerprint density at radius 3 is 2.50 bits per heavy atom. The van der Waals surface area contributed by atoms with Crippen LogP contribution in [0.5, 0.6) is 0 Å². The molecule has 0 amide bonds. The van der Waals surface area contributed by atoms with Crippen LogP contribution in [0, 0.1) is 5.82 Å². The van der Waals surface area contributed by atoms with Gasteiger partial charge < -0.3 is 25.2 Å². The van der Waals surface area contributed by atoms with Crippen LogP contribution in [-0.2, 0) is 11.3 Å². The molecule has 1 saturated heterocycles. The molecule has 0 unspecified atom stereocenters. The molecule has 0 aromatic heterocycles. The van der Waals surface area contributed by atoms with E-state index in [-0.39, 0.29) is 29.8 Å². The number of benzene rings is 1. The van der Waals surface area contributed by atoms with Gasteiger partial charge in [-0.2, -0.15) is 0 Å². The molecule has 1 fully saturated rings. The molecule has 0 radical (unpaired) electrons. The molecule has 0 aliphatic carbocycles. The van der Waals surface area contributed by atoms with Gasteiger partial charge in [-0.1, -0.05) is 6.07 Å². The minimum Gasteiger partial charge on any atom is -0.383 e. The summed E-state index contributed by atoms with van der Waals surface area (Å²) >= 11 is 0. The molecule has 30 heavy (non-hydrogen) atoms. The Balaban J connectivity index is 0.00000450. The average Bonchev–Trinajstić information content (AvgIpc) is 2.74. The van der Waals surface area contributed by atoms with Crippen LogP contribution >= 0.6 is 24.0 Å². The third-order valence-corrected chi connectivity index (χ3v) is 5.42. The van der Waals surface area contributed by atoms with Crippen LogP contribution in [-0.4, -0.2) is 69.9 Å². The van der Waals surface area contributed by atoms with E-state index in [0.29, 0.717) is 18.3 Å². The lowest BCUT2D eigenvalue weighted by Crippen LogP contribution is -2.49. The predicted octanol–water partition coefficient (Wildman–Crippen LogP) is 3.46. The molecule has 2 N–H and O–H groups in total. The quantitative estimate of drug-likeness (QED) is 0.273. The fourth-order valence-electron chi connectivity index (χ4n) is 3.67. The highest BCUT2D eigenvalue weighted by Crippen LogP contribution is 2.20. The molecule has 1 aliphatic heterocycles. The molecule has 0 saturated carbocycles. The molecule has 1 aromatic rings.